The molecule has 0 aliphatic carbocycles. The topological polar surface area (TPSA) is 27.7 Å². The number of pyridine rings is 1. The predicted octanol–water partition coefficient (Wildman–Crippen LogP) is 15.4. The lowest BCUT2D eigenvalue weighted by atomic mass is 10.0. The standard InChI is InChI=1S/C59H38N4/c1-4-16-39(17-5-1)43-37-51(41-18-6-2-7-19-41)60-57(38-43)63-53-26-14-11-23-47(53)50-36-42(30-34-55(50)63)40-28-31-45(32-29-40)61-54-27-15-12-24-49(54)58-56(61)35-33-48-46-22-10-13-25-52(46)62(59(48)58)44-20-8-3-9-21-44/h1-38H. The highest BCUT2D eigenvalue weighted by Gasteiger charge is 2.21. The van der Waals surface area contributed by atoms with Gasteiger partial charge in [-0.2, -0.15) is 0 Å². The van der Waals surface area contributed by atoms with Crippen LogP contribution in [0.3, 0.4) is 0 Å². The first-order valence-corrected chi connectivity index (χ1v) is 21.5. The van der Waals surface area contributed by atoms with Gasteiger partial charge in [0.25, 0.3) is 0 Å². The van der Waals surface area contributed by atoms with E-state index in [-0.39, 0.29) is 0 Å². The van der Waals surface area contributed by atoms with Gasteiger partial charge in [-0.15, -0.1) is 0 Å². The van der Waals surface area contributed by atoms with Gasteiger partial charge in [-0.1, -0.05) is 158 Å². The molecule has 0 radical (unpaired) electrons. The summed E-state index contributed by atoms with van der Waals surface area (Å²) in [6.07, 6.45) is 0. The minimum absolute atomic E-state index is 0.895. The normalized spacial score (nSPS) is 11.8. The number of nitrogens with zero attached hydrogens (tertiary/aromatic N) is 4. The summed E-state index contributed by atoms with van der Waals surface area (Å²) in [7, 11) is 0. The summed E-state index contributed by atoms with van der Waals surface area (Å²) < 4.78 is 7.20. The predicted molar refractivity (Wildman–Crippen MR) is 264 cm³/mol. The van der Waals surface area contributed by atoms with Crippen LogP contribution in [-0.2, 0) is 0 Å². The Kier molecular flexibility index (Phi) is 7.87. The van der Waals surface area contributed by atoms with Crippen molar-refractivity contribution in [3.05, 3.63) is 231 Å². The van der Waals surface area contributed by atoms with Crippen LogP contribution < -0.4 is 0 Å². The van der Waals surface area contributed by atoms with Gasteiger partial charge in [-0.3, -0.25) is 4.57 Å². The maximum atomic E-state index is 5.34. The van der Waals surface area contributed by atoms with Crippen LogP contribution in [0.2, 0.25) is 0 Å². The van der Waals surface area contributed by atoms with Crippen molar-refractivity contribution in [3.63, 3.8) is 0 Å². The lowest BCUT2D eigenvalue weighted by molar-refractivity contribution is 1.08. The summed E-state index contributed by atoms with van der Waals surface area (Å²) in [6.45, 7) is 0. The van der Waals surface area contributed by atoms with Crippen LogP contribution in [0.1, 0.15) is 0 Å². The molecule has 0 aliphatic rings. The summed E-state index contributed by atoms with van der Waals surface area (Å²) in [5.41, 5.74) is 16.0. The third-order valence-electron chi connectivity index (χ3n) is 12.8. The first-order chi connectivity index (χ1) is 31.3. The minimum atomic E-state index is 0.895. The molecule has 0 bridgehead atoms. The van der Waals surface area contributed by atoms with Gasteiger partial charge in [-0.25, -0.2) is 4.98 Å². The van der Waals surface area contributed by atoms with E-state index >= 15 is 0 Å². The van der Waals surface area contributed by atoms with E-state index in [1.165, 1.54) is 65.5 Å². The van der Waals surface area contributed by atoms with Gasteiger partial charge in [0, 0.05) is 49.3 Å². The first kappa shape index (κ1) is 35.3. The second-order valence-electron chi connectivity index (χ2n) is 16.4. The summed E-state index contributed by atoms with van der Waals surface area (Å²) in [5.74, 6) is 0.895. The Morgan fingerprint density at radius 1 is 0.270 bits per heavy atom. The quantitative estimate of drug-likeness (QED) is 0.165. The number of rotatable bonds is 6. The Balaban J connectivity index is 0.956. The molecule has 294 valence electrons. The molecular weight excluding hydrogens is 765 g/mol. The van der Waals surface area contributed by atoms with E-state index in [9.17, 15) is 0 Å². The zero-order chi connectivity index (χ0) is 41.4. The third-order valence-corrected chi connectivity index (χ3v) is 12.8. The number of para-hydroxylation sites is 4. The van der Waals surface area contributed by atoms with Crippen molar-refractivity contribution in [2.24, 2.45) is 0 Å². The second kappa shape index (κ2) is 14.1. The Hall–Kier alpha value is -8.47. The van der Waals surface area contributed by atoms with E-state index in [0.29, 0.717) is 0 Å². The Labute approximate surface area is 363 Å². The van der Waals surface area contributed by atoms with Gasteiger partial charge < -0.3 is 9.13 Å². The molecule has 0 spiro atoms. The highest BCUT2D eigenvalue weighted by Crippen LogP contribution is 2.43. The highest BCUT2D eigenvalue weighted by atomic mass is 15.1. The van der Waals surface area contributed by atoms with Crippen molar-refractivity contribution < 1.29 is 0 Å². The van der Waals surface area contributed by atoms with Gasteiger partial charge in [0.15, 0.2) is 0 Å². The number of hydrogen-bond donors (Lipinski definition) is 0. The molecule has 4 heteroatoms. The molecule has 13 aromatic rings. The molecule has 4 aromatic heterocycles. The fourth-order valence-corrected chi connectivity index (χ4v) is 10.0. The molecule has 0 atom stereocenters. The van der Waals surface area contributed by atoms with Crippen LogP contribution in [0.4, 0.5) is 0 Å². The number of hydrogen-bond acceptors (Lipinski definition) is 1. The molecule has 0 amide bonds. The van der Waals surface area contributed by atoms with Crippen LogP contribution in [0.25, 0.3) is 116 Å². The first-order valence-electron chi connectivity index (χ1n) is 21.5. The van der Waals surface area contributed by atoms with E-state index in [0.717, 1.165) is 50.6 Å². The summed E-state index contributed by atoms with van der Waals surface area (Å²) in [6, 6.07) is 83.1. The van der Waals surface area contributed by atoms with E-state index in [4.69, 9.17) is 4.98 Å². The van der Waals surface area contributed by atoms with Crippen molar-refractivity contribution in [3.8, 4) is 50.7 Å². The molecule has 0 fully saturated rings. The molecule has 4 heterocycles. The van der Waals surface area contributed by atoms with Crippen LogP contribution in [-0.4, -0.2) is 18.7 Å². The molecule has 0 unspecified atom stereocenters. The van der Waals surface area contributed by atoms with E-state index in [1.54, 1.807) is 0 Å². The molecule has 9 aromatic carbocycles. The van der Waals surface area contributed by atoms with Gasteiger partial charge >= 0.3 is 0 Å². The fourth-order valence-electron chi connectivity index (χ4n) is 10.0. The van der Waals surface area contributed by atoms with Crippen LogP contribution in [0, 0.1) is 0 Å². The van der Waals surface area contributed by atoms with Gasteiger partial charge in [0.1, 0.15) is 5.82 Å². The van der Waals surface area contributed by atoms with Gasteiger partial charge in [0.05, 0.1) is 38.8 Å². The van der Waals surface area contributed by atoms with Gasteiger partial charge in [0.2, 0.25) is 0 Å². The molecule has 0 aliphatic heterocycles. The largest absolute Gasteiger partial charge is 0.309 e. The lowest BCUT2D eigenvalue weighted by Crippen LogP contribution is -2.00. The van der Waals surface area contributed by atoms with Crippen molar-refractivity contribution in [2.45, 2.75) is 0 Å². The minimum Gasteiger partial charge on any atom is -0.309 e. The van der Waals surface area contributed by atoms with E-state index in [1.807, 2.05) is 0 Å². The summed E-state index contributed by atoms with van der Waals surface area (Å²) in [4.78, 5) is 5.34. The fraction of sp³-hybridized carbons (Fsp3) is 0. The molecule has 0 saturated heterocycles. The summed E-state index contributed by atoms with van der Waals surface area (Å²) in [5, 5.41) is 7.41. The lowest BCUT2D eigenvalue weighted by Gasteiger charge is -2.13. The van der Waals surface area contributed by atoms with Crippen molar-refractivity contribution in [2.75, 3.05) is 0 Å². The van der Waals surface area contributed by atoms with E-state index in [2.05, 4.69) is 244 Å². The smallest absolute Gasteiger partial charge is 0.138 e. The van der Waals surface area contributed by atoms with Crippen molar-refractivity contribution in [1.29, 1.82) is 0 Å². The molecule has 4 nitrogen and oxygen atoms in total. The third kappa shape index (κ3) is 5.52. The van der Waals surface area contributed by atoms with Crippen LogP contribution >= 0.6 is 0 Å². The molecule has 63 heavy (non-hydrogen) atoms. The van der Waals surface area contributed by atoms with E-state index < -0.39 is 0 Å². The number of benzene rings is 9. The molecule has 0 N–H and O–H groups in total. The van der Waals surface area contributed by atoms with Gasteiger partial charge in [-0.05, 0) is 95.1 Å². The average Bonchev–Trinajstić information content (AvgIpc) is 4.00. The zero-order valence-corrected chi connectivity index (χ0v) is 34.2. The van der Waals surface area contributed by atoms with Crippen molar-refractivity contribution >= 4 is 65.4 Å². The Bertz CT molecular complexity index is 3820. The zero-order valence-electron chi connectivity index (χ0n) is 34.2. The van der Waals surface area contributed by atoms with Crippen LogP contribution in [0.15, 0.2) is 231 Å². The second-order valence-corrected chi connectivity index (χ2v) is 16.4. The Morgan fingerprint density at radius 3 is 1.49 bits per heavy atom. The van der Waals surface area contributed by atoms with Crippen LogP contribution in [0.5, 0.6) is 0 Å². The SMILES string of the molecule is c1ccc(-c2cc(-c3ccccc3)nc(-n3c4ccccc4c4cc(-c5ccc(-n6c7ccccc7c7c6ccc6c8ccccc8n(-c8ccccc8)c67)cc5)ccc43)c2)cc1. The monoisotopic (exact) mass is 802 g/mol. The number of fused-ring (bicyclic) bond motifs is 10. The average molecular weight is 803 g/mol. The number of aromatic nitrogens is 4. The van der Waals surface area contributed by atoms with Crippen molar-refractivity contribution in [1.82, 2.24) is 18.7 Å². The Morgan fingerprint density at radius 2 is 0.778 bits per heavy atom. The molecular formula is C59H38N4. The molecule has 13 rings (SSSR count). The summed E-state index contributed by atoms with van der Waals surface area (Å²) >= 11 is 0. The molecule has 0 saturated carbocycles. The maximum Gasteiger partial charge on any atom is 0.138 e. The highest BCUT2D eigenvalue weighted by molar-refractivity contribution is 6.26. The maximum absolute atomic E-state index is 5.34.